The maximum absolute atomic E-state index is 9.68. The van der Waals surface area contributed by atoms with E-state index in [4.69, 9.17) is 4.74 Å². The van der Waals surface area contributed by atoms with Gasteiger partial charge in [-0.3, -0.25) is 0 Å². The van der Waals surface area contributed by atoms with Crippen LogP contribution in [0.5, 0.6) is 5.75 Å². The Hall–Kier alpha value is -1.06. The Morgan fingerprint density at radius 3 is 2.84 bits per heavy atom. The van der Waals surface area contributed by atoms with Gasteiger partial charge in [-0.1, -0.05) is 31.0 Å². The predicted molar refractivity (Wildman–Crippen MR) is 75.3 cm³/mol. The van der Waals surface area contributed by atoms with Crippen molar-refractivity contribution in [1.29, 1.82) is 0 Å². The van der Waals surface area contributed by atoms with E-state index in [1.54, 1.807) is 0 Å². The zero-order valence-electron chi connectivity index (χ0n) is 11.4. The van der Waals surface area contributed by atoms with E-state index in [0.29, 0.717) is 12.6 Å². The van der Waals surface area contributed by atoms with Crippen molar-refractivity contribution in [3.05, 3.63) is 29.8 Å². The van der Waals surface area contributed by atoms with Crippen molar-refractivity contribution >= 4 is 0 Å². The molecule has 1 unspecified atom stereocenters. The lowest BCUT2D eigenvalue weighted by atomic mass is 9.86. The molecule has 0 amide bonds. The molecular weight excluding hydrogens is 238 g/mol. The first-order chi connectivity index (χ1) is 9.33. The predicted octanol–water partition coefficient (Wildman–Crippen LogP) is 2.65. The van der Waals surface area contributed by atoms with Crippen LogP contribution in [0.3, 0.4) is 0 Å². The lowest BCUT2D eigenvalue weighted by Crippen LogP contribution is -2.38. The number of benzene rings is 1. The Morgan fingerprint density at radius 1 is 1.26 bits per heavy atom. The standard InChI is InChI=1S/C16H23NO2/c18-12-16(8-3-4-9-16)11-17-14-7-10-19-15-6-2-1-5-13(14)15/h1-2,5-6,14,17-18H,3-4,7-12H2. The molecule has 3 rings (SSSR count). The monoisotopic (exact) mass is 261 g/mol. The lowest BCUT2D eigenvalue weighted by Gasteiger charge is -2.32. The highest BCUT2D eigenvalue weighted by atomic mass is 16.5. The van der Waals surface area contributed by atoms with Crippen LogP contribution in [-0.4, -0.2) is 24.9 Å². The molecule has 3 nitrogen and oxygen atoms in total. The number of ether oxygens (including phenoxy) is 1. The number of para-hydroxylation sites is 1. The first kappa shape index (κ1) is 12.9. The van der Waals surface area contributed by atoms with Gasteiger partial charge in [-0.15, -0.1) is 0 Å². The summed E-state index contributed by atoms with van der Waals surface area (Å²) >= 11 is 0. The molecule has 0 saturated heterocycles. The Kier molecular flexibility index (Phi) is 3.76. The first-order valence-corrected chi connectivity index (χ1v) is 7.39. The Morgan fingerprint density at radius 2 is 2.05 bits per heavy atom. The van der Waals surface area contributed by atoms with Crippen LogP contribution >= 0.6 is 0 Å². The van der Waals surface area contributed by atoms with Crippen LogP contribution in [0.15, 0.2) is 24.3 Å². The molecule has 0 radical (unpaired) electrons. The van der Waals surface area contributed by atoms with E-state index >= 15 is 0 Å². The molecule has 1 aromatic rings. The zero-order chi connectivity index (χ0) is 13.1. The van der Waals surface area contributed by atoms with Crippen LogP contribution in [0, 0.1) is 5.41 Å². The lowest BCUT2D eigenvalue weighted by molar-refractivity contribution is 0.121. The van der Waals surface area contributed by atoms with E-state index < -0.39 is 0 Å². The summed E-state index contributed by atoms with van der Waals surface area (Å²) in [6, 6.07) is 8.65. The van der Waals surface area contributed by atoms with Gasteiger partial charge < -0.3 is 15.2 Å². The normalized spacial score (nSPS) is 24.8. The van der Waals surface area contributed by atoms with E-state index in [9.17, 15) is 5.11 Å². The van der Waals surface area contributed by atoms with Gasteiger partial charge in [0.05, 0.1) is 6.61 Å². The molecule has 0 aromatic heterocycles. The summed E-state index contributed by atoms with van der Waals surface area (Å²) in [6.07, 6.45) is 5.83. The molecule has 3 heteroatoms. The van der Waals surface area contributed by atoms with Crippen molar-refractivity contribution in [2.75, 3.05) is 19.8 Å². The highest BCUT2D eigenvalue weighted by Crippen LogP contribution is 2.38. The van der Waals surface area contributed by atoms with Gasteiger partial charge in [0.25, 0.3) is 0 Å². The molecule has 1 aromatic carbocycles. The SMILES string of the molecule is OCC1(CNC2CCOc3ccccc32)CCCC1. The van der Waals surface area contributed by atoms with Crippen molar-refractivity contribution in [3.8, 4) is 5.75 Å². The molecule has 1 aliphatic carbocycles. The van der Waals surface area contributed by atoms with Crippen molar-refractivity contribution in [2.45, 2.75) is 38.1 Å². The van der Waals surface area contributed by atoms with Crippen molar-refractivity contribution < 1.29 is 9.84 Å². The van der Waals surface area contributed by atoms with Crippen LogP contribution in [0.4, 0.5) is 0 Å². The van der Waals surface area contributed by atoms with Gasteiger partial charge in [-0.05, 0) is 18.9 Å². The number of aliphatic hydroxyl groups excluding tert-OH is 1. The van der Waals surface area contributed by atoms with E-state index in [1.165, 1.54) is 18.4 Å². The van der Waals surface area contributed by atoms with Gasteiger partial charge in [0.15, 0.2) is 0 Å². The number of fused-ring (bicyclic) bond motifs is 1. The number of rotatable bonds is 4. The summed E-state index contributed by atoms with van der Waals surface area (Å²) in [7, 11) is 0. The molecule has 2 N–H and O–H groups in total. The minimum absolute atomic E-state index is 0.118. The molecule has 1 aliphatic heterocycles. The van der Waals surface area contributed by atoms with Gasteiger partial charge in [0.2, 0.25) is 0 Å². The second-order valence-corrected chi connectivity index (χ2v) is 5.97. The van der Waals surface area contributed by atoms with Gasteiger partial charge in [-0.2, -0.15) is 0 Å². The Balaban J connectivity index is 1.68. The second-order valence-electron chi connectivity index (χ2n) is 5.97. The molecule has 1 fully saturated rings. The van der Waals surface area contributed by atoms with E-state index in [1.807, 2.05) is 12.1 Å². The van der Waals surface area contributed by atoms with Crippen LogP contribution in [-0.2, 0) is 0 Å². The molecule has 2 aliphatic rings. The number of aliphatic hydroxyl groups is 1. The van der Waals surface area contributed by atoms with Gasteiger partial charge in [0.1, 0.15) is 5.75 Å². The van der Waals surface area contributed by atoms with Crippen molar-refractivity contribution in [2.24, 2.45) is 5.41 Å². The van der Waals surface area contributed by atoms with Crippen LogP contribution in [0.2, 0.25) is 0 Å². The quantitative estimate of drug-likeness (QED) is 0.875. The minimum atomic E-state index is 0.118. The topological polar surface area (TPSA) is 41.5 Å². The zero-order valence-corrected chi connectivity index (χ0v) is 11.4. The molecule has 1 atom stereocenters. The summed E-state index contributed by atoms with van der Waals surface area (Å²) < 4.78 is 5.69. The van der Waals surface area contributed by atoms with Crippen molar-refractivity contribution in [1.82, 2.24) is 5.32 Å². The maximum Gasteiger partial charge on any atom is 0.124 e. The smallest absolute Gasteiger partial charge is 0.124 e. The Labute approximate surface area is 115 Å². The van der Waals surface area contributed by atoms with Gasteiger partial charge in [0, 0.05) is 36.6 Å². The largest absolute Gasteiger partial charge is 0.493 e. The molecule has 1 saturated carbocycles. The highest BCUT2D eigenvalue weighted by Gasteiger charge is 2.34. The second kappa shape index (κ2) is 5.51. The molecule has 0 bridgehead atoms. The van der Waals surface area contributed by atoms with Crippen LogP contribution < -0.4 is 10.1 Å². The maximum atomic E-state index is 9.68. The molecular formula is C16H23NO2. The van der Waals surface area contributed by atoms with E-state index in [2.05, 4.69) is 17.4 Å². The van der Waals surface area contributed by atoms with Crippen molar-refractivity contribution in [3.63, 3.8) is 0 Å². The summed E-state index contributed by atoms with van der Waals surface area (Å²) in [5.41, 5.74) is 1.38. The highest BCUT2D eigenvalue weighted by molar-refractivity contribution is 5.37. The molecule has 1 heterocycles. The summed E-state index contributed by atoms with van der Waals surface area (Å²) in [4.78, 5) is 0. The number of hydrogen-bond donors (Lipinski definition) is 2. The van der Waals surface area contributed by atoms with E-state index in [-0.39, 0.29) is 5.41 Å². The molecule has 19 heavy (non-hydrogen) atoms. The first-order valence-electron chi connectivity index (χ1n) is 7.39. The average Bonchev–Trinajstić information content (AvgIpc) is 2.94. The number of nitrogens with one attached hydrogen (secondary N) is 1. The average molecular weight is 261 g/mol. The van der Waals surface area contributed by atoms with E-state index in [0.717, 1.165) is 38.2 Å². The van der Waals surface area contributed by atoms with Gasteiger partial charge >= 0.3 is 0 Å². The van der Waals surface area contributed by atoms with Crippen LogP contribution in [0.25, 0.3) is 0 Å². The molecule has 104 valence electrons. The summed E-state index contributed by atoms with van der Waals surface area (Å²) in [6.45, 7) is 2.01. The third-order valence-corrected chi connectivity index (χ3v) is 4.68. The molecule has 0 spiro atoms. The fourth-order valence-electron chi connectivity index (χ4n) is 3.41. The number of hydrogen-bond acceptors (Lipinski definition) is 3. The van der Waals surface area contributed by atoms with Gasteiger partial charge in [-0.25, -0.2) is 0 Å². The third kappa shape index (κ3) is 2.63. The Bertz CT molecular complexity index is 427. The summed E-state index contributed by atoms with van der Waals surface area (Å²) in [5, 5.41) is 13.3. The fraction of sp³-hybridized carbons (Fsp3) is 0.625. The minimum Gasteiger partial charge on any atom is -0.493 e. The van der Waals surface area contributed by atoms with Crippen LogP contribution in [0.1, 0.15) is 43.7 Å². The third-order valence-electron chi connectivity index (χ3n) is 4.68. The summed E-state index contributed by atoms with van der Waals surface area (Å²) in [5.74, 6) is 1.01. The fourth-order valence-corrected chi connectivity index (χ4v) is 3.41.